The maximum atomic E-state index is 11.4. The second-order valence-corrected chi connectivity index (χ2v) is 5.12. The van der Waals surface area contributed by atoms with Crippen molar-refractivity contribution in [3.63, 3.8) is 0 Å². The van der Waals surface area contributed by atoms with E-state index in [4.69, 9.17) is 17.3 Å². The maximum Gasteiger partial charge on any atom is 0.250 e. The molecule has 1 saturated carbocycles. The molecule has 1 aromatic carbocycles. The van der Waals surface area contributed by atoms with Gasteiger partial charge in [0.1, 0.15) is 0 Å². The van der Waals surface area contributed by atoms with Gasteiger partial charge in [-0.3, -0.25) is 4.79 Å². The van der Waals surface area contributed by atoms with Gasteiger partial charge in [0.05, 0.1) is 18.2 Å². The highest BCUT2D eigenvalue weighted by Gasteiger charge is 2.27. The van der Waals surface area contributed by atoms with Gasteiger partial charge in [0.25, 0.3) is 5.91 Å². The van der Waals surface area contributed by atoms with E-state index < -0.39 is 5.91 Å². The first-order valence-corrected chi connectivity index (χ1v) is 6.63. The summed E-state index contributed by atoms with van der Waals surface area (Å²) in [7, 11) is 0. The van der Waals surface area contributed by atoms with E-state index in [0.29, 0.717) is 28.9 Å². The molecule has 3 N–H and O–H groups in total. The zero-order valence-electron chi connectivity index (χ0n) is 10.6. The van der Waals surface area contributed by atoms with Gasteiger partial charge in [0.2, 0.25) is 0 Å². The number of amides is 1. The highest BCUT2D eigenvalue weighted by atomic mass is 35.5. The van der Waals surface area contributed by atoms with Crippen molar-refractivity contribution in [2.75, 3.05) is 5.32 Å². The van der Waals surface area contributed by atoms with Crippen molar-refractivity contribution in [3.05, 3.63) is 34.6 Å². The summed E-state index contributed by atoms with van der Waals surface area (Å²) in [5, 5.41) is 15.2. The minimum atomic E-state index is -0.531. The Morgan fingerprint density at radius 3 is 3.00 bits per heavy atom. The lowest BCUT2D eigenvalue weighted by atomic mass is 10.1. The van der Waals surface area contributed by atoms with Gasteiger partial charge in [-0.15, -0.1) is 5.10 Å². The van der Waals surface area contributed by atoms with Crippen LogP contribution in [0, 0.1) is 0 Å². The number of aromatic nitrogens is 4. The summed E-state index contributed by atoms with van der Waals surface area (Å²) in [6, 6.07) is 5.35. The van der Waals surface area contributed by atoms with E-state index in [1.807, 2.05) is 4.68 Å². The molecule has 0 saturated heterocycles. The van der Waals surface area contributed by atoms with Gasteiger partial charge in [0.15, 0.2) is 5.82 Å². The molecule has 1 aliphatic carbocycles. The van der Waals surface area contributed by atoms with Crippen molar-refractivity contribution in [1.29, 1.82) is 0 Å². The van der Waals surface area contributed by atoms with E-state index in [9.17, 15) is 4.79 Å². The van der Waals surface area contributed by atoms with Gasteiger partial charge in [-0.1, -0.05) is 11.6 Å². The molecule has 1 fully saturated rings. The van der Waals surface area contributed by atoms with E-state index in [1.165, 1.54) is 6.07 Å². The highest BCUT2D eigenvalue weighted by Crippen LogP contribution is 2.34. The Morgan fingerprint density at radius 1 is 1.50 bits per heavy atom. The van der Waals surface area contributed by atoms with Crippen LogP contribution in [0.5, 0.6) is 0 Å². The summed E-state index contributed by atoms with van der Waals surface area (Å²) in [4.78, 5) is 11.4. The predicted molar refractivity (Wildman–Crippen MR) is 73.4 cm³/mol. The molecular weight excluding hydrogens is 280 g/mol. The first-order valence-electron chi connectivity index (χ1n) is 6.25. The standard InChI is InChI=1S/C12H13ClN6O/c13-7-1-4-10(9(5-7)12(14)20)15-6-11-16-17-18-19(11)8-2-3-8/h1,4-5,8,15H,2-3,6H2,(H2,14,20). The van der Waals surface area contributed by atoms with Gasteiger partial charge in [-0.2, -0.15) is 0 Å². The first kappa shape index (κ1) is 12.9. The lowest BCUT2D eigenvalue weighted by molar-refractivity contribution is 0.100. The second-order valence-electron chi connectivity index (χ2n) is 4.68. The SMILES string of the molecule is NC(=O)c1cc(Cl)ccc1NCc1nnnn1C1CC1. The van der Waals surface area contributed by atoms with Gasteiger partial charge < -0.3 is 11.1 Å². The van der Waals surface area contributed by atoms with Gasteiger partial charge in [-0.05, 0) is 41.5 Å². The summed E-state index contributed by atoms with van der Waals surface area (Å²) in [6.45, 7) is 0.422. The fourth-order valence-electron chi connectivity index (χ4n) is 1.98. The number of primary amides is 1. The number of nitrogens with two attached hydrogens (primary N) is 1. The third kappa shape index (κ3) is 2.57. The van der Waals surface area contributed by atoms with E-state index in [2.05, 4.69) is 20.8 Å². The molecule has 0 spiro atoms. The summed E-state index contributed by atoms with van der Waals surface area (Å²) < 4.78 is 1.81. The number of carbonyl (C=O) groups excluding carboxylic acids is 1. The highest BCUT2D eigenvalue weighted by molar-refractivity contribution is 6.31. The molecule has 2 aromatic rings. The quantitative estimate of drug-likeness (QED) is 0.867. The Morgan fingerprint density at radius 2 is 2.30 bits per heavy atom. The normalized spacial score (nSPS) is 14.2. The lowest BCUT2D eigenvalue weighted by Gasteiger charge is -2.10. The molecule has 0 radical (unpaired) electrons. The number of hydrogen-bond acceptors (Lipinski definition) is 5. The summed E-state index contributed by atoms with van der Waals surface area (Å²) in [5.41, 5.74) is 6.31. The van der Waals surface area contributed by atoms with E-state index in [-0.39, 0.29) is 0 Å². The van der Waals surface area contributed by atoms with E-state index >= 15 is 0 Å². The van der Waals surface area contributed by atoms with Crippen molar-refractivity contribution < 1.29 is 4.79 Å². The van der Waals surface area contributed by atoms with Crippen LogP contribution >= 0.6 is 11.6 Å². The zero-order valence-corrected chi connectivity index (χ0v) is 11.3. The molecule has 104 valence electrons. The number of rotatable bonds is 5. The third-order valence-electron chi connectivity index (χ3n) is 3.14. The summed E-state index contributed by atoms with van der Waals surface area (Å²) in [6.07, 6.45) is 2.21. The Bertz CT molecular complexity index is 651. The number of anilines is 1. The monoisotopic (exact) mass is 292 g/mol. The van der Waals surface area contributed by atoms with Crippen LogP contribution in [0.25, 0.3) is 0 Å². The van der Waals surface area contributed by atoms with Crippen LogP contribution in [0.3, 0.4) is 0 Å². The minimum Gasteiger partial charge on any atom is -0.377 e. The third-order valence-corrected chi connectivity index (χ3v) is 3.37. The molecule has 0 bridgehead atoms. The summed E-state index contributed by atoms with van der Waals surface area (Å²) in [5.74, 6) is 0.203. The Hall–Kier alpha value is -2.15. The number of benzene rings is 1. The predicted octanol–water partition coefficient (Wildman–Crippen LogP) is 1.37. The minimum absolute atomic E-state index is 0.350. The molecule has 3 rings (SSSR count). The Kier molecular flexibility index (Phi) is 3.27. The summed E-state index contributed by atoms with van der Waals surface area (Å²) >= 11 is 5.86. The molecule has 1 aromatic heterocycles. The first-order chi connectivity index (χ1) is 9.65. The molecule has 8 heteroatoms. The average Bonchev–Trinajstić information content (AvgIpc) is 3.16. The van der Waals surface area contributed by atoms with Crippen LogP contribution in [-0.4, -0.2) is 26.1 Å². The molecule has 0 aliphatic heterocycles. The van der Waals surface area contributed by atoms with Crippen LogP contribution in [0.15, 0.2) is 18.2 Å². The molecule has 1 aliphatic rings. The number of halogens is 1. The van der Waals surface area contributed by atoms with Crippen LogP contribution in [-0.2, 0) is 6.54 Å². The molecule has 0 unspecified atom stereocenters. The van der Waals surface area contributed by atoms with Crippen molar-refractivity contribution in [2.45, 2.75) is 25.4 Å². The molecule has 1 amide bonds. The van der Waals surface area contributed by atoms with Crippen molar-refractivity contribution in [2.24, 2.45) is 5.73 Å². The molecule has 20 heavy (non-hydrogen) atoms. The largest absolute Gasteiger partial charge is 0.377 e. The van der Waals surface area contributed by atoms with Crippen LogP contribution < -0.4 is 11.1 Å². The van der Waals surface area contributed by atoms with E-state index in [0.717, 1.165) is 18.7 Å². The fourth-order valence-corrected chi connectivity index (χ4v) is 2.15. The smallest absolute Gasteiger partial charge is 0.250 e. The number of hydrogen-bond donors (Lipinski definition) is 2. The molecule has 0 atom stereocenters. The Balaban J connectivity index is 1.78. The maximum absolute atomic E-state index is 11.4. The van der Waals surface area contributed by atoms with Crippen molar-refractivity contribution in [3.8, 4) is 0 Å². The van der Waals surface area contributed by atoms with Gasteiger partial charge in [0, 0.05) is 10.7 Å². The second kappa shape index (κ2) is 5.09. The van der Waals surface area contributed by atoms with Gasteiger partial charge in [-0.25, -0.2) is 4.68 Å². The zero-order chi connectivity index (χ0) is 14.1. The van der Waals surface area contributed by atoms with E-state index in [1.54, 1.807) is 12.1 Å². The topological polar surface area (TPSA) is 98.7 Å². The number of tetrazole rings is 1. The number of nitrogens with one attached hydrogen (secondary N) is 1. The molecular formula is C12H13ClN6O. The fraction of sp³-hybridized carbons (Fsp3) is 0.333. The number of nitrogens with zero attached hydrogens (tertiary/aromatic N) is 4. The van der Waals surface area contributed by atoms with Crippen molar-refractivity contribution in [1.82, 2.24) is 20.2 Å². The van der Waals surface area contributed by atoms with Crippen LogP contribution in [0.2, 0.25) is 5.02 Å². The van der Waals surface area contributed by atoms with Crippen LogP contribution in [0.4, 0.5) is 5.69 Å². The average molecular weight is 293 g/mol. The van der Waals surface area contributed by atoms with Gasteiger partial charge >= 0.3 is 0 Å². The molecule has 7 nitrogen and oxygen atoms in total. The van der Waals surface area contributed by atoms with Crippen LogP contribution in [0.1, 0.15) is 35.1 Å². The number of carbonyl (C=O) groups is 1. The van der Waals surface area contributed by atoms with Crippen molar-refractivity contribution >= 4 is 23.2 Å². The Labute approximate surface area is 120 Å². The lowest BCUT2D eigenvalue weighted by Crippen LogP contribution is -2.15. The molecule has 1 heterocycles.